The molecule has 1 aromatic carbocycles. The third-order valence-corrected chi connectivity index (χ3v) is 5.04. The van der Waals surface area contributed by atoms with Crippen LogP contribution in [-0.4, -0.2) is 66.2 Å². The fourth-order valence-electron chi connectivity index (χ4n) is 3.67. The molecule has 194 valence electrons. The van der Waals surface area contributed by atoms with Crippen LogP contribution in [0.2, 0.25) is 0 Å². The van der Waals surface area contributed by atoms with E-state index < -0.39 is 41.6 Å². The standard InChI is InChI=1S/C23H25F3N4O6/c1-22(2,3)36-21(32)30-11-14(8-15(30)12-33-4)29-19(31)20-28-10-18(34-20)16-7-13(9-27)5-6-17(16)35-23(24,25)26/h5-7,10,14-15H,8,11-12H2,1-4H3,(H,29,31)/t14-,15+/m1/s1. The van der Waals surface area contributed by atoms with E-state index in [1.165, 1.54) is 12.0 Å². The van der Waals surface area contributed by atoms with Gasteiger partial charge in [0, 0.05) is 19.7 Å². The lowest BCUT2D eigenvalue weighted by Crippen LogP contribution is -2.43. The molecule has 2 heterocycles. The van der Waals surface area contributed by atoms with Gasteiger partial charge in [0.05, 0.1) is 36.0 Å². The third kappa shape index (κ3) is 6.88. The molecule has 1 fully saturated rings. The van der Waals surface area contributed by atoms with Crippen molar-refractivity contribution in [2.45, 2.75) is 51.2 Å². The Morgan fingerprint density at radius 3 is 2.64 bits per heavy atom. The molecule has 13 heteroatoms. The summed E-state index contributed by atoms with van der Waals surface area (Å²) >= 11 is 0. The van der Waals surface area contributed by atoms with E-state index in [0.717, 1.165) is 24.4 Å². The summed E-state index contributed by atoms with van der Waals surface area (Å²) in [6.07, 6.45) is -4.09. The van der Waals surface area contributed by atoms with Gasteiger partial charge in [0.2, 0.25) is 0 Å². The van der Waals surface area contributed by atoms with E-state index >= 15 is 0 Å². The highest BCUT2D eigenvalue weighted by Crippen LogP contribution is 2.35. The summed E-state index contributed by atoms with van der Waals surface area (Å²) in [6, 6.07) is 4.26. The van der Waals surface area contributed by atoms with Gasteiger partial charge < -0.3 is 28.8 Å². The number of rotatable bonds is 6. The topological polar surface area (TPSA) is 127 Å². The Balaban J connectivity index is 1.76. The SMILES string of the molecule is COC[C@@H]1C[C@@H](NC(=O)c2ncc(-c3cc(C#N)ccc3OC(F)(F)F)o2)CN1C(=O)OC(C)(C)C. The number of oxazole rings is 1. The van der Waals surface area contributed by atoms with Crippen LogP contribution in [-0.2, 0) is 9.47 Å². The van der Waals surface area contributed by atoms with Crippen molar-refractivity contribution < 1.29 is 41.4 Å². The normalized spacial score (nSPS) is 18.0. The number of likely N-dealkylation sites (tertiary alicyclic amines) is 1. The fraction of sp³-hybridized carbons (Fsp3) is 0.478. The lowest BCUT2D eigenvalue weighted by Gasteiger charge is -2.28. The number of nitrogens with zero attached hydrogens (tertiary/aromatic N) is 3. The zero-order chi connectivity index (χ0) is 26.7. The van der Waals surface area contributed by atoms with Crippen molar-refractivity contribution in [1.29, 1.82) is 5.26 Å². The summed E-state index contributed by atoms with van der Waals surface area (Å²) < 4.78 is 58.4. The highest BCUT2D eigenvalue weighted by molar-refractivity contribution is 5.90. The maximum atomic E-state index is 12.8. The largest absolute Gasteiger partial charge is 0.573 e. The number of hydrogen-bond donors (Lipinski definition) is 1. The number of carbonyl (C=O) groups excluding carboxylic acids is 2. The number of aromatic nitrogens is 1. The van der Waals surface area contributed by atoms with Crippen LogP contribution in [0.15, 0.2) is 28.8 Å². The summed E-state index contributed by atoms with van der Waals surface area (Å²) in [5.41, 5.74) is -0.850. The maximum absolute atomic E-state index is 12.8. The van der Waals surface area contributed by atoms with E-state index in [2.05, 4.69) is 15.0 Å². The Labute approximate surface area is 204 Å². The Hall–Kier alpha value is -3.79. The molecule has 1 aliphatic heterocycles. The number of amides is 2. The molecule has 36 heavy (non-hydrogen) atoms. The smallest absolute Gasteiger partial charge is 0.444 e. The molecule has 0 unspecified atom stereocenters. The number of methoxy groups -OCH3 is 1. The van der Waals surface area contributed by atoms with E-state index in [0.29, 0.717) is 6.42 Å². The minimum atomic E-state index is -4.98. The Bertz CT molecular complexity index is 1150. The lowest BCUT2D eigenvalue weighted by atomic mass is 10.1. The monoisotopic (exact) mass is 510 g/mol. The van der Waals surface area contributed by atoms with Gasteiger partial charge in [-0.15, -0.1) is 13.2 Å². The second-order valence-corrected chi connectivity index (χ2v) is 9.05. The molecule has 0 spiro atoms. The Morgan fingerprint density at radius 1 is 1.31 bits per heavy atom. The average molecular weight is 510 g/mol. The van der Waals surface area contributed by atoms with E-state index in [-0.39, 0.29) is 36.1 Å². The van der Waals surface area contributed by atoms with Gasteiger partial charge in [-0.3, -0.25) is 4.79 Å². The minimum absolute atomic E-state index is 0.0549. The van der Waals surface area contributed by atoms with Gasteiger partial charge in [-0.25, -0.2) is 9.78 Å². The van der Waals surface area contributed by atoms with Crippen LogP contribution in [0.4, 0.5) is 18.0 Å². The number of alkyl halides is 3. The van der Waals surface area contributed by atoms with Gasteiger partial charge in [0.15, 0.2) is 5.76 Å². The van der Waals surface area contributed by atoms with Gasteiger partial charge in [-0.05, 0) is 45.4 Å². The molecular formula is C23H25F3N4O6. The van der Waals surface area contributed by atoms with Crippen LogP contribution >= 0.6 is 0 Å². The zero-order valence-corrected chi connectivity index (χ0v) is 20.0. The molecule has 2 amide bonds. The predicted molar refractivity (Wildman–Crippen MR) is 118 cm³/mol. The lowest BCUT2D eigenvalue weighted by molar-refractivity contribution is -0.274. The van der Waals surface area contributed by atoms with Crippen LogP contribution in [0.1, 0.15) is 43.4 Å². The van der Waals surface area contributed by atoms with Crippen LogP contribution in [0.25, 0.3) is 11.3 Å². The molecule has 2 atom stereocenters. The zero-order valence-electron chi connectivity index (χ0n) is 20.0. The summed E-state index contributed by atoms with van der Waals surface area (Å²) in [5, 5.41) is 11.8. The van der Waals surface area contributed by atoms with E-state index in [9.17, 15) is 22.8 Å². The van der Waals surface area contributed by atoms with Crippen LogP contribution in [0.3, 0.4) is 0 Å². The minimum Gasteiger partial charge on any atom is -0.444 e. The first-order chi connectivity index (χ1) is 16.8. The second kappa shape index (κ2) is 10.4. The molecule has 1 saturated heterocycles. The maximum Gasteiger partial charge on any atom is 0.573 e. The van der Waals surface area contributed by atoms with E-state index in [1.54, 1.807) is 20.8 Å². The molecular weight excluding hydrogens is 485 g/mol. The number of halogens is 3. The molecule has 0 radical (unpaired) electrons. The van der Waals surface area contributed by atoms with Gasteiger partial charge in [-0.1, -0.05) is 0 Å². The van der Waals surface area contributed by atoms with Crippen molar-refractivity contribution in [2.75, 3.05) is 20.3 Å². The van der Waals surface area contributed by atoms with Gasteiger partial charge in [-0.2, -0.15) is 5.26 Å². The number of benzene rings is 1. The molecule has 1 aromatic heterocycles. The molecule has 0 bridgehead atoms. The first-order valence-electron chi connectivity index (χ1n) is 10.8. The highest BCUT2D eigenvalue weighted by Gasteiger charge is 2.39. The molecule has 0 aliphatic carbocycles. The number of ether oxygens (including phenoxy) is 3. The second-order valence-electron chi connectivity index (χ2n) is 9.05. The number of carbonyl (C=O) groups is 2. The fourth-order valence-corrected chi connectivity index (χ4v) is 3.67. The first kappa shape index (κ1) is 26.8. The molecule has 10 nitrogen and oxygen atoms in total. The van der Waals surface area contributed by atoms with Gasteiger partial charge in [0.1, 0.15) is 11.4 Å². The average Bonchev–Trinajstić information content (AvgIpc) is 3.40. The van der Waals surface area contributed by atoms with Crippen molar-refractivity contribution in [3.05, 3.63) is 35.9 Å². The summed E-state index contributed by atoms with van der Waals surface area (Å²) in [5.74, 6) is -1.96. The van der Waals surface area contributed by atoms with Crippen molar-refractivity contribution in [1.82, 2.24) is 15.2 Å². The van der Waals surface area contributed by atoms with Crippen LogP contribution in [0.5, 0.6) is 5.75 Å². The summed E-state index contributed by atoms with van der Waals surface area (Å²) in [4.78, 5) is 30.7. The predicted octanol–water partition coefficient (Wildman–Crippen LogP) is 3.87. The van der Waals surface area contributed by atoms with Gasteiger partial charge in [0.25, 0.3) is 5.89 Å². The van der Waals surface area contributed by atoms with E-state index in [1.807, 2.05) is 6.07 Å². The number of nitrogens with one attached hydrogen (secondary N) is 1. The van der Waals surface area contributed by atoms with Crippen LogP contribution in [0, 0.1) is 11.3 Å². The van der Waals surface area contributed by atoms with Gasteiger partial charge >= 0.3 is 18.4 Å². The Kier molecular flexibility index (Phi) is 7.78. The van der Waals surface area contributed by atoms with Crippen LogP contribution < -0.4 is 10.1 Å². The quantitative estimate of drug-likeness (QED) is 0.621. The molecule has 0 saturated carbocycles. The molecule has 3 rings (SSSR count). The molecule has 1 N–H and O–H groups in total. The summed E-state index contributed by atoms with van der Waals surface area (Å²) in [6.45, 7) is 5.59. The van der Waals surface area contributed by atoms with Crippen molar-refractivity contribution in [2.24, 2.45) is 0 Å². The third-order valence-electron chi connectivity index (χ3n) is 5.04. The van der Waals surface area contributed by atoms with Crippen molar-refractivity contribution in [3.8, 4) is 23.1 Å². The molecule has 1 aliphatic rings. The summed E-state index contributed by atoms with van der Waals surface area (Å²) in [7, 11) is 1.49. The van der Waals surface area contributed by atoms with Crippen molar-refractivity contribution >= 4 is 12.0 Å². The molecule has 2 aromatic rings. The van der Waals surface area contributed by atoms with E-state index in [4.69, 9.17) is 19.2 Å². The number of hydrogen-bond acceptors (Lipinski definition) is 8. The first-order valence-corrected chi connectivity index (χ1v) is 10.8. The highest BCUT2D eigenvalue weighted by atomic mass is 19.4. The number of nitriles is 1. The Morgan fingerprint density at radius 2 is 2.03 bits per heavy atom. The van der Waals surface area contributed by atoms with Crippen molar-refractivity contribution in [3.63, 3.8) is 0 Å².